The van der Waals surface area contributed by atoms with Gasteiger partial charge in [-0.05, 0) is 25.1 Å². The van der Waals surface area contributed by atoms with Crippen LogP contribution in [0.3, 0.4) is 0 Å². The number of nitrogens with one attached hydrogen (secondary N) is 1. The number of benzene rings is 2. The molecule has 0 fully saturated rings. The number of nitro groups is 1. The first-order valence-corrected chi connectivity index (χ1v) is 7.34. The first-order chi connectivity index (χ1) is 11.1. The summed E-state index contributed by atoms with van der Waals surface area (Å²) >= 11 is 0. The molecule has 1 atom stereocenters. The summed E-state index contributed by atoms with van der Waals surface area (Å²) in [5, 5.41) is 13.8. The van der Waals surface area contributed by atoms with Crippen molar-refractivity contribution in [2.45, 2.75) is 19.4 Å². The lowest BCUT2D eigenvalue weighted by molar-refractivity contribution is -0.385. The van der Waals surface area contributed by atoms with Gasteiger partial charge in [0, 0.05) is 29.2 Å². The summed E-state index contributed by atoms with van der Waals surface area (Å²) in [5.41, 5.74) is 1.84. The molecule has 0 radical (unpaired) electrons. The molecule has 1 amide bonds. The van der Waals surface area contributed by atoms with Gasteiger partial charge in [-0.1, -0.05) is 18.2 Å². The van der Waals surface area contributed by atoms with Gasteiger partial charge in [0.05, 0.1) is 17.6 Å². The topological polar surface area (TPSA) is 81.5 Å². The number of ether oxygens (including phenoxy) is 1. The number of nitro benzene ring substituents is 1. The summed E-state index contributed by atoms with van der Waals surface area (Å²) in [6.07, 6.45) is 0.689. The van der Waals surface area contributed by atoms with Crippen LogP contribution in [0.25, 0.3) is 0 Å². The highest BCUT2D eigenvalue weighted by atomic mass is 16.6. The van der Waals surface area contributed by atoms with Crippen LogP contribution in [0.2, 0.25) is 0 Å². The number of aryl methyl sites for hydroxylation is 1. The molecule has 0 saturated carbocycles. The number of carbonyl (C=O) groups is 1. The molecule has 2 aromatic carbocycles. The zero-order valence-corrected chi connectivity index (χ0v) is 12.6. The molecular formula is C17H16N2O4. The van der Waals surface area contributed by atoms with Crippen molar-refractivity contribution in [2.24, 2.45) is 0 Å². The Morgan fingerprint density at radius 3 is 2.83 bits per heavy atom. The lowest BCUT2D eigenvalue weighted by atomic mass is 10.00. The van der Waals surface area contributed by atoms with Crippen LogP contribution in [-0.2, 0) is 0 Å². The molecule has 1 N–H and O–H groups in total. The summed E-state index contributed by atoms with van der Waals surface area (Å²) in [5.74, 6) is 0.536. The van der Waals surface area contributed by atoms with Crippen molar-refractivity contribution in [2.75, 3.05) is 6.61 Å². The Balaban J connectivity index is 1.80. The van der Waals surface area contributed by atoms with Crippen molar-refractivity contribution in [3.63, 3.8) is 0 Å². The smallest absolute Gasteiger partial charge is 0.272 e. The van der Waals surface area contributed by atoms with Crippen LogP contribution in [-0.4, -0.2) is 17.4 Å². The normalized spacial score (nSPS) is 16.1. The highest BCUT2D eigenvalue weighted by molar-refractivity contribution is 5.95. The molecule has 0 spiro atoms. The Hall–Kier alpha value is -2.89. The number of nitrogens with zero attached hydrogens (tertiary/aromatic N) is 1. The fraction of sp³-hybridized carbons (Fsp3) is 0.235. The molecule has 1 aliphatic rings. The van der Waals surface area contributed by atoms with Crippen molar-refractivity contribution in [1.82, 2.24) is 5.32 Å². The van der Waals surface area contributed by atoms with Gasteiger partial charge in [0.25, 0.3) is 11.6 Å². The summed E-state index contributed by atoms with van der Waals surface area (Å²) < 4.78 is 5.58. The number of rotatable bonds is 3. The van der Waals surface area contributed by atoms with E-state index >= 15 is 0 Å². The fourth-order valence-corrected chi connectivity index (χ4v) is 2.74. The van der Waals surface area contributed by atoms with E-state index in [1.807, 2.05) is 24.3 Å². The predicted octanol–water partition coefficient (Wildman–Crippen LogP) is 3.16. The van der Waals surface area contributed by atoms with E-state index in [0.29, 0.717) is 24.2 Å². The maximum absolute atomic E-state index is 12.4. The quantitative estimate of drug-likeness (QED) is 0.697. The number of para-hydroxylation sites is 1. The zero-order chi connectivity index (χ0) is 16.4. The molecule has 0 saturated heterocycles. The van der Waals surface area contributed by atoms with E-state index in [0.717, 1.165) is 11.3 Å². The average molecular weight is 312 g/mol. The van der Waals surface area contributed by atoms with E-state index in [4.69, 9.17) is 4.74 Å². The van der Waals surface area contributed by atoms with Crippen LogP contribution in [0.4, 0.5) is 5.69 Å². The third-order valence-electron chi connectivity index (χ3n) is 3.92. The van der Waals surface area contributed by atoms with Crippen molar-refractivity contribution >= 4 is 11.6 Å². The van der Waals surface area contributed by atoms with Gasteiger partial charge in [-0.25, -0.2) is 0 Å². The van der Waals surface area contributed by atoms with Gasteiger partial charge >= 0.3 is 0 Å². The van der Waals surface area contributed by atoms with E-state index in [2.05, 4.69) is 5.32 Å². The molecule has 0 bridgehead atoms. The highest BCUT2D eigenvalue weighted by Gasteiger charge is 2.23. The summed E-state index contributed by atoms with van der Waals surface area (Å²) in [7, 11) is 0. The number of hydrogen-bond acceptors (Lipinski definition) is 4. The minimum atomic E-state index is -0.453. The largest absolute Gasteiger partial charge is 0.493 e. The molecule has 1 aliphatic heterocycles. The molecule has 6 heteroatoms. The van der Waals surface area contributed by atoms with Gasteiger partial charge in [-0.2, -0.15) is 0 Å². The van der Waals surface area contributed by atoms with E-state index in [9.17, 15) is 14.9 Å². The van der Waals surface area contributed by atoms with E-state index < -0.39 is 4.92 Å². The summed E-state index contributed by atoms with van der Waals surface area (Å²) in [6.45, 7) is 2.17. The third-order valence-corrected chi connectivity index (χ3v) is 3.92. The molecule has 1 heterocycles. The van der Waals surface area contributed by atoms with Crippen LogP contribution >= 0.6 is 0 Å². The Morgan fingerprint density at radius 1 is 1.30 bits per heavy atom. The number of carbonyl (C=O) groups excluding carboxylic acids is 1. The first-order valence-electron chi connectivity index (χ1n) is 7.34. The molecule has 23 heavy (non-hydrogen) atoms. The van der Waals surface area contributed by atoms with Crippen LogP contribution in [0, 0.1) is 17.0 Å². The highest BCUT2D eigenvalue weighted by Crippen LogP contribution is 2.31. The van der Waals surface area contributed by atoms with Crippen molar-refractivity contribution in [3.05, 3.63) is 69.3 Å². The van der Waals surface area contributed by atoms with Gasteiger partial charge in [-0.15, -0.1) is 0 Å². The van der Waals surface area contributed by atoms with Crippen LogP contribution < -0.4 is 10.1 Å². The minimum Gasteiger partial charge on any atom is -0.493 e. The number of fused-ring (bicyclic) bond motifs is 1. The SMILES string of the molecule is Cc1cc(C(=O)NC2CCOc3ccccc32)ccc1[N+](=O)[O-]. The number of hydrogen-bond donors (Lipinski definition) is 1. The van der Waals surface area contributed by atoms with Crippen LogP contribution in [0.15, 0.2) is 42.5 Å². The molecule has 0 aliphatic carbocycles. The summed E-state index contributed by atoms with van der Waals surface area (Å²) in [4.78, 5) is 22.8. The standard InChI is InChI=1S/C17H16N2O4/c1-11-10-12(6-7-15(11)19(21)22)17(20)18-14-8-9-23-16-5-3-2-4-13(14)16/h2-7,10,14H,8-9H2,1H3,(H,18,20). The number of amides is 1. The maximum Gasteiger partial charge on any atom is 0.272 e. The zero-order valence-electron chi connectivity index (χ0n) is 12.6. The molecule has 6 nitrogen and oxygen atoms in total. The van der Waals surface area contributed by atoms with Crippen molar-refractivity contribution in [1.29, 1.82) is 0 Å². The second kappa shape index (κ2) is 6.08. The Bertz CT molecular complexity index is 773. The van der Waals surface area contributed by atoms with E-state index in [1.165, 1.54) is 12.1 Å². The second-order valence-corrected chi connectivity index (χ2v) is 5.46. The molecule has 0 aromatic heterocycles. The molecule has 2 aromatic rings. The Morgan fingerprint density at radius 2 is 2.09 bits per heavy atom. The minimum absolute atomic E-state index is 0.0120. The first kappa shape index (κ1) is 15.0. The van der Waals surface area contributed by atoms with Gasteiger partial charge in [-0.3, -0.25) is 14.9 Å². The third kappa shape index (κ3) is 3.01. The van der Waals surface area contributed by atoms with Crippen molar-refractivity contribution in [3.8, 4) is 5.75 Å². The lowest BCUT2D eigenvalue weighted by Crippen LogP contribution is -2.32. The molecule has 1 unspecified atom stereocenters. The van der Waals surface area contributed by atoms with Crippen LogP contribution in [0.5, 0.6) is 5.75 Å². The molecular weight excluding hydrogens is 296 g/mol. The average Bonchev–Trinajstić information content (AvgIpc) is 2.54. The van der Waals surface area contributed by atoms with Gasteiger partial charge in [0.1, 0.15) is 5.75 Å². The maximum atomic E-state index is 12.4. The Labute approximate surface area is 133 Å². The van der Waals surface area contributed by atoms with Gasteiger partial charge in [0.15, 0.2) is 0 Å². The van der Waals surface area contributed by atoms with Crippen LogP contribution in [0.1, 0.15) is 33.9 Å². The van der Waals surface area contributed by atoms with Crippen molar-refractivity contribution < 1.29 is 14.5 Å². The predicted molar refractivity (Wildman–Crippen MR) is 84.6 cm³/mol. The van der Waals surface area contributed by atoms with Gasteiger partial charge in [0.2, 0.25) is 0 Å². The fourth-order valence-electron chi connectivity index (χ4n) is 2.74. The monoisotopic (exact) mass is 312 g/mol. The van der Waals surface area contributed by atoms with E-state index in [1.54, 1.807) is 13.0 Å². The van der Waals surface area contributed by atoms with E-state index in [-0.39, 0.29) is 17.6 Å². The molecule has 118 valence electrons. The Kier molecular flexibility index (Phi) is 3.97. The van der Waals surface area contributed by atoms with Gasteiger partial charge < -0.3 is 10.1 Å². The summed E-state index contributed by atoms with van der Waals surface area (Å²) in [6, 6.07) is 11.9. The molecule has 3 rings (SSSR count). The second-order valence-electron chi connectivity index (χ2n) is 5.46. The lowest BCUT2D eigenvalue weighted by Gasteiger charge is -2.26.